The van der Waals surface area contributed by atoms with Gasteiger partial charge in [0.2, 0.25) is 0 Å². The summed E-state index contributed by atoms with van der Waals surface area (Å²) in [7, 11) is -2.13. The lowest BCUT2D eigenvalue weighted by Crippen LogP contribution is -2.47. The van der Waals surface area contributed by atoms with Crippen molar-refractivity contribution in [2.75, 3.05) is 6.54 Å². The number of aromatic nitrogens is 2. The Labute approximate surface area is 124 Å². The van der Waals surface area contributed by atoms with E-state index in [4.69, 9.17) is 0 Å². The van der Waals surface area contributed by atoms with Gasteiger partial charge in [-0.15, -0.1) is 0 Å². The number of carboxylic acid groups (broad SMARTS) is 1. The Bertz CT molecular complexity index is 636. The maximum atomic E-state index is 12.7. The minimum Gasteiger partial charge on any atom is -0.480 e. The molecule has 1 fully saturated rings. The number of aliphatic carboxylic acids is 1. The van der Waals surface area contributed by atoms with Crippen LogP contribution in [0.4, 0.5) is 0 Å². The van der Waals surface area contributed by atoms with E-state index in [0.717, 1.165) is 10.7 Å². The molecule has 0 aromatic carbocycles. The molecular weight excluding hydrogens is 294 g/mol. The van der Waals surface area contributed by atoms with E-state index in [9.17, 15) is 18.3 Å². The molecule has 8 heteroatoms. The predicted molar refractivity (Wildman–Crippen MR) is 76.5 cm³/mol. The summed E-state index contributed by atoms with van der Waals surface area (Å²) in [6.07, 6.45) is 3.20. The van der Waals surface area contributed by atoms with Crippen molar-refractivity contribution >= 4 is 16.0 Å². The van der Waals surface area contributed by atoms with Gasteiger partial charge in [-0.2, -0.15) is 4.31 Å². The van der Waals surface area contributed by atoms with Crippen LogP contribution in [0.25, 0.3) is 0 Å². The van der Waals surface area contributed by atoms with Crippen LogP contribution in [0, 0.1) is 0 Å². The van der Waals surface area contributed by atoms with Crippen molar-refractivity contribution in [2.45, 2.75) is 50.1 Å². The largest absolute Gasteiger partial charge is 0.480 e. The molecule has 1 saturated heterocycles. The first kappa shape index (κ1) is 16.0. The Kier molecular flexibility index (Phi) is 4.38. The van der Waals surface area contributed by atoms with Gasteiger partial charge in [-0.1, -0.05) is 13.8 Å². The minimum absolute atomic E-state index is 0.0677. The van der Waals surface area contributed by atoms with Crippen LogP contribution >= 0.6 is 0 Å². The average molecular weight is 315 g/mol. The topological polar surface area (TPSA) is 92.5 Å². The lowest BCUT2D eigenvalue weighted by molar-refractivity contribution is -0.142. The summed E-state index contributed by atoms with van der Waals surface area (Å²) in [4.78, 5) is 15.5. The normalized spacial score (nSPS) is 20.9. The zero-order chi connectivity index (χ0) is 15.8. The zero-order valence-electron chi connectivity index (χ0n) is 12.5. The molecule has 0 bridgehead atoms. The first-order valence-corrected chi connectivity index (χ1v) is 8.47. The number of hydrogen-bond acceptors (Lipinski definition) is 4. The molecule has 1 aromatic heterocycles. The number of rotatable bonds is 4. The maximum Gasteiger partial charge on any atom is 0.322 e. The molecule has 1 aliphatic heterocycles. The number of hydrogen-bond donors (Lipinski definition) is 1. The van der Waals surface area contributed by atoms with Gasteiger partial charge in [0, 0.05) is 25.7 Å². The van der Waals surface area contributed by atoms with Gasteiger partial charge in [-0.25, -0.2) is 13.4 Å². The van der Waals surface area contributed by atoms with E-state index in [1.54, 1.807) is 11.6 Å². The van der Waals surface area contributed by atoms with Crippen molar-refractivity contribution < 1.29 is 18.3 Å². The van der Waals surface area contributed by atoms with Crippen molar-refractivity contribution in [1.82, 2.24) is 13.9 Å². The van der Waals surface area contributed by atoms with Crippen molar-refractivity contribution in [3.8, 4) is 0 Å². The molecule has 7 nitrogen and oxygen atoms in total. The number of nitrogens with zero attached hydrogens (tertiary/aromatic N) is 3. The highest BCUT2D eigenvalue weighted by atomic mass is 32.2. The van der Waals surface area contributed by atoms with Gasteiger partial charge in [0.1, 0.15) is 11.9 Å². The summed E-state index contributed by atoms with van der Waals surface area (Å²) in [5, 5.41) is 9.17. The Morgan fingerprint density at radius 1 is 1.43 bits per heavy atom. The summed E-state index contributed by atoms with van der Waals surface area (Å²) in [6, 6.07) is -0.992. The molecule has 0 aliphatic carbocycles. The van der Waals surface area contributed by atoms with E-state index in [1.807, 2.05) is 13.8 Å². The number of sulfonamides is 1. The maximum absolute atomic E-state index is 12.7. The van der Waals surface area contributed by atoms with E-state index in [-0.39, 0.29) is 17.5 Å². The predicted octanol–water partition coefficient (Wildman–Crippen LogP) is 1.17. The van der Waals surface area contributed by atoms with Gasteiger partial charge in [0.15, 0.2) is 5.03 Å². The summed E-state index contributed by atoms with van der Waals surface area (Å²) in [5.41, 5.74) is 0. The second kappa shape index (κ2) is 5.76. The standard InChI is InChI=1S/C13H21N3O4S/c1-9(2)12-14-11(8-15(12)3)21(19,20)16-7-5-4-6-10(16)13(17)18/h8-10H,4-7H2,1-3H3,(H,17,18). The van der Waals surface area contributed by atoms with Crippen molar-refractivity contribution in [2.24, 2.45) is 7.05 Å². The Morgan fingerprint density at radius 2 is 2.10 bits per heavy atom. The third-order valence-electron chi connectivity index (χ3n) is 3.72. The highest BCUT2D eigenvalue weighted by Gasteiger charge is 2.39. The van der Waals surface area contributed by atoms with Crippen LogP contribution < -0.4 is 0 Å². The Hall–Kier alpha value is -1.41. The fraction of sp³-hybridized carbons (Fsp3) is 0.692. The highest BCUT2D eigenvalue weighted by Crippen LogP contribution is 2.26. The lowest BCUT2D eigenvalue weighted by atomic mass is 10.1. The van der Waals surface area contributed by atoms with Crippen LogP contribution in [0.15, 0.2) is 11.2 Å². The quantitative estimate of drug-likeness (QED) is 0.900. The fourth-order valence-electron chi connectivity index (χ4n) is 2.67. The van der Waals surface area contributed by atoms with E-state index >= 15 is 0 Å². The molecule has 1 aromatic rings. The molecule has 1 unspecified atom stereocenters. The van der Waals surface area contributed by atoms with E-state index < -0.39 is 22.0 Å². The number of imidazole rings is 1. The molecule has 118 valence electrons. The number of carboxylic acids is 1. The van der Waals surface area contributed by atoms with Crippen LogP contribution in [0.2, 0.25) is 0 Å². The monoisotopic (exact) mass is 315 g/mol. The smallest absolute Gasteiger partial charge is 0.322 e. The number of piperidine rings is 1. The van der Waals surface area contributed by atoms with Gasteiger partial charge in [0.05, 0.1) is 0 Å². The third-order valence-corrected chi connectivity index (χ3v) is 5.50. The van der Waals surface area contributed by atoms with Gasteiger partial charge < -0.3 is 9.67 Å². The summed E-state index contributed by atoms with van der Waals surface area (Å²) in [6.45, 7) is 4.09. The number of aryl methyl sites for hydroxylation is 1. The first-order chi connectivity index (χ1) is 9.75. The molecule has 1 aliphatic rings. The zero-order valence-corrected chi connectivity index (χ0v) is 13.3. The summed E-state index contributed by atoms with van der Waals surface area (Å²) in [5.74, 6) is -0.341. The molecule has 1 N–H and O–H groups in total. The molecule has 0 amide bonds. The molecule has 0 radical (unpaired) electrons. The van der Waals surface area contributed by atoms with Crippen molar-refractivity contribution in [1.29, 1.82) is 0 Å². The molecule has 1 atom stereocenters. The van der Waals surface area contributed by atoms with Crippen LogP contribution in [0.5, 0.6) is 0 Å². The summed E-state index contributed by atoms with van der Waals surface area (Å²) >= 11 is 0. The molecule has 2 heterocycles. The average Bonchev–Trinajstić information content (AvgIpc) is 2.81. The molecule has 0 spiro atoms. The van der Waals surface area contributed by atoms with Gasteiger partial charge >= 0.3 is 5.97 Å². The van der Waals surface area contributed by atoms with Crippen LogP contribution in [0.3, 0.4) is 0 Å². The second-order valence-electron chi connectivity index (χ2n) is 5.67. The van der Waals surface area contributed by atoms with E-state index in [1.165, 1.54) is 6.20 Å². The van der Waals surface area contributed by atoms with Crippen LogP contribution in [-0.4, -0.2) is 45.9 Å². The molecular formula is C13H21N3O4S. The first-order valence-electron chi connectivity index (χ1n) is 7.03. The van der Waals surface area contributed by atoms with Gasteiger partial charge in [-0.05, 0) is 19.3 Å². The highest BCUT2D eigenvalue weighted by molar-refractivity contribution is 7.89. The fourth-order valence-corrected chi connectivity index (χ4v) is 4.31. The lowest BCUT2D eigenvalue weighted by Gasteiger charge is -2.31. The third kappa shape index (κ3) is 2.96. The molecule has 21 heavy (non-hydrogen) atoms. The minimum atomic E-state index is -3.87. The second-order valence-corrected chi connectivity index (χ2v) is 7.51. The SMILES string of the molecule is CC(C)c1nc(S(=O)(=O)N2CCCCC2C(=O)O)cn1C. The van der Waals surface area contributed by atoms with Gasteiger partial charge in [-0.3, -0.25) is 4.79 Å². The van der Waals surface area contributed by atoms with Crippen LogP contribution in [-0.2, 0) is 21.9 Å². The molecule has 2 rings (SSSR count). The van der Waals surface area contributed by atoms with Crippen LogP contribution in [0.1, 0.15) is 44.9 Å². The Balaban J connectivity index is 2.40. The Morgan fingerprint density at radius 3 is 2.62 bits per heavy atom. The molecule has 0 saturated carbocycles. The van der Waals surface area contributed by atoms with E-state index in [0.29, 0.717) is 18.7 Å². The van der Waals surface area contributed by atoms with E-state index in [2.05, 4.69) is 4.98 Å². The number of carbonyl (C=O) groups is 1. The van der Waals surface area contributed by atoms with Gasteiger partial charge in [0.25, 0.3) is 10.0 Å². The van der Waals surface area contributed by atoms with Crippen molar-refractivity contribution in [3.63, 3.8) is 0 Å². The summed E-state index contributed by atoms with van der Waals surface area (Å²) < 4.78 is 28.1. The van der Waals surface area contributed by atoms with Crippen molar-refractivity contribution in [3.05, 3.63) is 12.0 Å².